The van der Waals surface area contributed by atoms with Crippen LogP contribution in [0.15, 0.2) is 0 Å². The highest BCUT2D eigenvalue weighted by atomic mass is 16.6. The Labute approximate surface area is 154 Å². The molecule has 3 aliphatic rings. The number of carbonyl (C=O) groups is 3. The molecule has 8 nitrogen and oxygen atoms in total. The lowest BCUT2D eigenvalue weighted by atomic mass is 10.0. The Kier molecular flexibility index (Phi) is 4.67. The van der Waals surface area contributed by atoms with Gasteiger partial charge in [0.05, 0.1) is 19.7 Å². The van der Waals surface area contributed by atoms with Crippen molar-refractivity contribution in [3.63, 3.8) is 0 Å². The molecule has 3 aliphatic heterocycles. The molecule has 3 saturated heterocycles. The van der Waals surface area contributed by atoms with Crippen LogP contribution in [0.3, 0.4) is 0 Å². The number of hydrogen-bond donors (Lipinski definition) is 0. The topological polar surface area (TPSA) is 79.4 Å². The van der Waals surface area contributed by atoms with E-state index in [1.54, 1.807) is 20.8 Å². The molecular formula is C18H29N3O5. The summed E-state index contributed by atoms with van der Waals surface area (Å²) in [5.41, 5.74) is -1.32. The molecule has 26 heavy (non-hydrogen) atoms. The fraction of sp³-hybridized carbons (Fsp3) is 0.833. The zero-order valence-corrected chi connectivity index (χ0v) is 16.3. The lowest BCUT2D eigenvalue weighted by Gasteiger charge is -2.39. The van der Waals surface area contributed by atoms with Crippen LogP contribution in [0.1, 0.15) is 47.0 Å². The molecule has 0 bridgehead atoms. The van der Waals surface area contributed by atoms with Crippen molar-refractivity contribution in [1.29, 1.82) is 0 Å². The van der Waals surface area contributed by atoms with E-state index >= 15 is 0 Å². The second kappa shape index (κ2) is 6.40. The van der Waals surface area contributed by atoms with Crippen molar-refractivity contribution < 1.29 is 23.9 Å². The molecule has 3 fully saturated rings. The Morgan fingerprint density at radius 1 is 1.31 bits per heavy atom. The zero-order valence-electron chi connectivity index (χ0n) is 16.3. The van der Waals surface area contributed by atoms with Gasteiger partial charge in [-0.2, -0.15) is 0 Å². The minimum absolute atomic E-state index is 0.0969. The second-order valence-corrected chi connectivity index (χ2v) is 8.27. The van der Waals surface area contributed by atoms with E-state index in [1.807, 2.05) is 11.8 Å². The highest BCUT2D eigenvalue weighted by molar-refractivity contribution is 5.88. The molecule has 0 aromatic rings. The summed E-state index contributed by atoms with van der Waals surface area (Å²) >= 11 is 0. The van der Waals surface area contributed by atoms with Crippen molar-refractivity contribution >= 4 is 18.0 Å². The summed E-state index contributed by atoms with van der Waals surface area (Å²) < 4.78 is 10.5. The number of nitrogens with zero attached hydrogens (tertiary/aromatic N) is 3. The number of hydrogen-bond acceptors (Lipinski definition) is 6. The smallest absolute Gasteiger partial charge is 0.411 e. The lowest BCUT2D eigenvalue weighted by Crippen LogP contribution is -2.56. The first-order valence-electron chi connectivity index (χ1n) is 9.30. The van der Waals surface area contributed by atoms with Gasteiger partial charge in [0.2, 0.25) is 5.91 Å². The predicted octanol–water partition coefficient (Wildman–Crippen LogP) is 1.19. The van der Waals surface area contributed by atoms with Crippen LogP contribution in [-0.4, -0.2) is 82.8 Å². The van der Waals surface area contributed by atoms with Gasteiger partial charge in [0.25, 0.3) is 0 Å². The molecule has 3 heterocycles. The summed E-state index contributed by atoms with van der Waals surface area (Å²) in [4.78, 5) is 43.5. The van der Waals surface area contributed by atoms with E-state index in [4.69, 9.17) is 9.47 Å². The van der Waals surface area contributed by atoms with E-state index in [0.717, 1.165) is 19.4 Å². The van der Waals surface area contributed by atoms with Gasteiger partial charge in [-0.05, 0) is 40.5 Å². The van der Waals surface area contributed by atoms with Crippen LogP contribution in [0.4, 0.5) is 4.79 Å². The number of fused-ring (bicyclic) bond motifs is 2. The first kappa shape index (κ1) is 18.9. The van der Waals surface area contributed by atoms with Crippen LogP contribution in [0.5, 0.6) is 0 Å². The molecule has 1 spiro atoms. The maximum atomic E-state index is 12.9. The molecule has 2 amide bonds. The molecule has 0 aliphatic carbocycles. The van der Waals surface area contributed by atoms with Gasteiger partial charge < -0.3 is 14.4 Å². The Bertz CT molecular complexity index is 616. The average Bonchev–Trinajstić information content (AvgIpc) is 3.22. The van der Waals surface area contributed by atoms with Crippen LogP contribution in [0.25, 0.3) is 0 Å². The maximum Gasteiger partial charge on any atom is 0.411 e. The first-order valence-corrected chi connectivity index (χ1v) is 9.30. The number of methoxy groups -OCH3 is 1. The highest BCUT2D eigenvalue weighted by Gasteiger charge is 2.64. The maximum absolute atomic E-state index is 12.9. The van der Waals surface area contributed by atoms with Gasteiger partial charge in [-0.15, -0.1) is 0 Å². The molecule has 0 saturated carbocycles. The molecule has 0 N–H and O–H groups in total. The summed E-state index contributed by atoms with van der Waals surface area (Å²) in [5.74, 6) is -0.376. The van der Waals surface area contributed by atoms with Gasteiger partial charge in [0.15, 0.2) is 0 Å². The van der Waals surface area contributed by atoms with Crippen LogP contribution in [0.2, 0.25) is 0 Å². The van der Waals surface area contributed by atoms with Gasteiger partial charge in [-0.25, -0.2) is 9.59 Å². The average molecular weight is 367 g/mol. The van der Waals surface area contributed by atoms with Crippen LogP contribution in [-0.2, 0) is 19.1 Å². The van der Waals surface area contributed by atoms with Crippen LogP contribution < -0.4 is 0 Å². The molecule has 0 radical (unpaired) electrons. The van der Waals surface area contributed by atoms with Crippen LogP contribution >= 0.6 is 0 Å². The zero-order chi connectivity index (χ0) is 19.3. The van der Waals surface area contributed by atoms with Crippen molar-refractivity contribution in [3.8, 4) is 0 Å². The van der Waals surface area contributed by atoms with E-state index in [0.29, 0.717) is 13.0 Å². The van der Waals surface area contributed by atoms with Gasteiger partial charge in [0.1, 0.15) is 17.3 Å². The number of amides is 2. The summed E-state index contributed by atoms with van der Waals surface area (Å²) in [6.07, 6.45) is 1.59. The van der Waals surface area contributed by atoms with E-state index in [1.165, 1.54) is 12.0 Å². The van der Waals surface area contributed by atoms with E-state index in [2.05, 4.69) is 4.90 Å². The Morgan fingerprint density at radius 3 is 2.58 bits per heavy atom. The molecule has 0 aromatic carbocycles. The van der Waals surface area contributed by atoms with Crippen molar-refractivity contribution in [2.75, 3.05) is 26.7 Å². The molecule has 146 valence electrons. The van der Waals surface area contributed by atoms with E-state index in [9.17, 15) is 14.4 Å². The van der Waals surface area contributed by atoms with E-state index in [-0.39, 0.29) is 18.5 Å². The highest BCUT2D eigenvalue weighted by Crippen LogP contribution is 2.45. The summed E-state index contributed by atoms with van der Waals surface area (Å²) in [6, 6.07) is -0.900. The first-order chi connectivity index (χ1) is 12.1. The predicted molar refractivity (Wildman–Crippen MR) is 93.2 cm³/mol. The van der Waals surface area contributed by atoms with Gasteiger partial charge >= 0.3 is 12.1 Å². The van der Waals surface area contributed by atoms with Crippen molar-refractivity contribution in [3.05, 3.63) is 0 Å². The molecule has 1 unspecified atom stereocenters. The molecule has 0 aromatic heterocycles. The minimum Gasteiger partial charge on any atom is -0.467 e. The summed E-state index contributed by atoms with van der Waals surface area (Å²) in [5, 5.41) is 0. The van der Waals surface area contributed by atoms with Gasteiger partial charge in [0, 0.05) is 19.5 Å². The molecule has 8 heteroatoms. The Balaban J connectivity index is 1.95. The monoisotopic (exact) mass is 367 g/mol. The summed E-state index contributed by atoms with van der Waals surface area (Å²) in [6.45, 7) is 8.90. The van der Waals surface area contributed by atoms with Gasteiger partial charge in [-0.1, -0.05) is 0 Å². The SMILES string of the molecule is CCN1C(=O)[C@@H]2CCCN2C12C[C@@H](C(=O)OC)N(C(=O)OC(C)(C)C)C2. The Hall–Kier alpha value is -1.83. The van der Waals surface area contributed by atoms with E-state index < -0.39 is 29.4 Å². The lowest BCUT2D eigenvalue weighted by molar-refractivity contribution is -0.146. The third kappa shape index (κ3) is 2.84. The third-order valence-electron chi connectivity index (χ3n) is 5.58. The number of ether oxygens (including phenoxy) is 2. The summed E-state index contributed by atoms with van der Waals surface area (Å²) in [7, 11) is 1.32. The normalized spacial score (nSPS) is 31.7. The number of carbonyl (C=O) groups excluding carboxylic acids is 3. The number of likely N-dealkylation sites (tertiary alicyclic amines) is 1. The van der Waals surface area contributed by atoms with Crippen molar-refractivity contribution in [2.45, 2.75) is 70.3 Å². The largest absolute Gasteiger partial charge is 0.467 e. The second-order valence-electron chi connectivity index (χ2n) is 8.27. The number of esters is 1. The molecular weight excluding hydrogens is 338 g/mol. The Morgan fingerprint density at radius 2 is 2.00 bits per heavy atom. The van der Waals surface area contributed by atoms with Gasteiger partial charge in [-0.3, -0.25) is 14.6 Å². The minimum atomic E-state index is -0.754. The third-order valence-corrected chi connectivity index (χ3v) is 5.58. The standard InChI is InChI=1S/C18H29N3O5/c1-6-20-14(22)12-8-7-9-21(12)18(20)10-13(15(23)25-5)19(11-18)16(24)26-17(2,3)4/h12-13H,6-11H2,1-5H3/t12-,13-,18?/m0/s1. The van der Waals surface area contributed by atoms with Crippen molar-refractivity contribution in [1.82, 2.24) is 14.7 Å². The molecule has 3 atom stereocenters. The van der Waals surface area contributed by atoms with Crippen molar-refractivity contribution in [2.24, 2.45) is 0 Å². The number of likely N-dealkylation sites (N-methyl/N-ethyl adjacent to an activating group) is 1. The number of rotatable bonds is 2. The quantitative estimate of drug-likeness (QED) is 0.682. The fourth-order valence-corrected chi connectivity index (χ4v) is 4.64. The molecule has 3 rings (SSSR count). The van der Waals surface area contributed by atoms with Crippen LogP contribution in [0, 0.1) is 0 Å². The fourth-order valence-electron chi connectivity index (χ4n) is 4.64.